The zero-order valence-electron chi connectivity index (χ0n) is 27.8. The van der Waals surface area contributed by atoms with E-state index in [9.17, 15) is 18.0 Å². The molecule has 4 fully saturated rings. The average molecular weight is 660 g/mol. The summed E-state index contributed by atoms with van der Waals surface area (Å²) in [4.78, 5) is 32.9. The molecule has 2 aromatic carbocycles. The first-order chi connectivity index (χ1) is 22.6. The Morgan fingerprint density at radius 2 is 1.83 bits per heavy atom. The number of likely N-dealkylation sites (N-methyl/N-ethyl adjacent to an activating group) is 1. The van der Waals surface area contributed by atoms with Gasteiger partial charge in [0.15, 0.2) is 0 Å². The smallest absolute Gasteiger partial charge is 0.303 e. The van der Waals surface area contributed by atoms with Crippen molar-refractivity contribution in [1.29, 1.82) is 0 Å². The molecule has 2 unspecified atom stereocenters. The van der Waals surface area contributed by atoms with E-state index >= 15 is 0 Å². The SMILES string of the molecule is CCN1C[C@H]2C[C@H]1CN2C(=O)C12CC1c1cc(OC)ccc1-c1c(C3CCCCC3)c3ccc(C(=O)NS(=O)(=O)N(C)C)cc3n1C2. The topological polar surface area (TPSA) is 104 Å². The molecular formula is C36H45N5O5S. The molecule has 0 radical (unpaired) electrons. The molecule has 1 aromatic heterocycles. The minimum atomic E-state index is -3.96. The van der Waals surface area contributed by atoms with Crippen molar-refractivity contribution in [1.82, 2.24) is 23.4 Å². The molecule has 11 heteroatoms. The van der Waals surface area contributed by atoms with Gasteiger partial charge in [0, 0.05) is 73.8 Å². The molecule has 250 valence electrons. The summed E-state index contributed by atoms with van der Waals surface area (Å²) >= 11 is 0. The first kappa shape index (κ1) is 30.9. The number of likely N-dealkylation sites (tertiary alicyclic amines) is 2. The van der Waals surface area contributed by atoms with Crippen LogP contribution in [0.4, 0.5) is 0 Å². The Morgan fingerprint density at radius 3 is 2.51 bits per heavy atom. The predicted octanol–water partition coefficient (Wildman–Crippen LogP) is 4.69. The van der Waals surface area contributed by atoms with Gasteiger partial charge in [-0.3, -0.25) is 14.5 Å². The molecule has 4 atom stereocenters. The molecule has 2 saturated carbocycles. The Morgan fingerprint density at radius 1 is 1.04 bits per heavy atom. The van der Waals surface area contributed by atoms with Gasteiger partial charge in [-0.1, -0.05) is 32.3 Å². The lowest BCUT2D eigenvalue weighted by atomic mass is 9.81. The summed E-state index contributed by atoms with van der Waals surface area (Å²) in [6.45, 7) is 5.46. The molecule has 2 bridgehead atoms. The van der Waals surface area contributed by atoms with Crippen LogP contribution in [0.3, 0.4) is 0 Å². The second kappa shape index (κ2) is 11.1. The number of ether oxygens (including phenoxy) is 1. The highest BCUT2D eigenvalue weighted by Gasteiger charge is 2.65. The molecule has 5 aliphatic rings. The van der Waals surface area contributed by atoms with E-state index in [1.807, 2.05) is 18.2 Å². The standard InChI is InChI=1S/C36H45N5O5S/c1-5-39-19-25-16-24(39)20-40(25)35(43)36-18-30(36)29-17-26(46-4)12-14-27(29)33-32(22-9-7-6-8-10-22)28-13-11-23(15-31(28)41(33)21-36)34(42)37-47(44,45)38(2)3/h11-15,17,22,24-25,30H,5-10,16,18-21H2,1-4H3,(H,37,42)/t24-,25+,30?,36?/m0/s1. The number of nitrogens with one attached hydrogen (secondary N) is 1. The Kier molecular flexibility index (Phi) is 7.27. The number of carbonyl (C=O) groups is 2. The summed E-state index contributed by atoms with van der Waals surface area (Å²) in [7, 11) is 0.514. The zero-order chi connectivity index (χ0) is 32.8. The molecule has 2 saturated heterocycles. The maximum absolute atomic E-state index is 14.8. The fourth-order valence-electron chi connectivity index (χ4n) is 9.36. The number of piperazine rings is 1. The van der Waals surface area contributed by atoms with Crippen molar-refractivity contribution >= 4 is 32.9 Å². The van der Waals surface area contributed by atoms with Crippen LogP contribution < -0.4 is 9.46 Å². The number of hydrogen-bond acceptors (Lipinski definition) is 6. The molecule has 3 aliphatic heterocycles. The molecule has 4 heterocycles. The van der Waals surface area contributed by atoms with Gasteiger partial charge in [-0.25, -0.2) is 4.72 Å². The maximum Gasteiger partial charge on any atom is 0.303 e. The summed E-state index contributed by atoms with van der Waals surface area (Å²) < 4.78 is 36.4. The highest BCUT2D eigenvalue weighted by atomic mass is 32.2. The van der Waals surface area contributed by atoms with E-state index in [0.29, 0.717) is 18.5 Å². The number of aromatic nitrogens is 1. The monoisotopic (exact) mass is 659 g/mol. The third kappa shape index (κ3) is 4.75. The van der Waals surface area contributed by atoms with Gasteiger partial charge in [-0.2, -0.15) is 12.7 Å². The van der Waals surface area contributed by atoms with Crippen molar-refractivity contribution in [2.75, 3.05) is 40.8 Å². The van der Waals surface area contributed by atoms with Crippen LogP contribution in [0.25, 0.3) is 22.2 Å². The third-order valence-corrected chi connectivity index (χ3v) is 13.3. The number of fused-ring (bicyclic) bond motifs is 9. The van der Waals surface area contributed by atoms with E-state index in [2.05, 4.69) is 38.1 Å². The highest BCUT2D eigenvalue weighted by Crippen LogP contribution is 2.66. The lowest BCUT2D eigenvalue weighted by Crippen LogP contribution is -2.51. The van der Waals surface area contributed by atoms with Crippen LogP contribution in [0.2, 0.25) is 0 Å². The molecule has 2 aliphatic carbocycles. The van der Waals surface area contributed by atoms with Gasteiger partial charge in [0.2, 0.25) is 5.91 Å². The maximum atomic E-state index is 14.8. The molecule has 8 rings (SSSR count). The summed E-state index contributed by atoms with van der Waals surface area (Å²) in [6.07, 6.45) is 7.59. The number of amides is 2. The van der Waals surface area contributed by atoms with Gasteiger partial charge in [-0.15, -0.1) is 0 Å². The number of methoxy groups -OCH3 is 1. The normalized spacial score (nSPS) is 27.0. The van der Waals surface area contributed by atoms with Crippen LogP contribution in [-0.4, -0.2) is 91.8 Å². The van der Waals surface area contributed by atoms with Gasteiger partial charge in [0.25, 0.3) is 5.91 Å². The average Bonchev–Trinajstić information content (AvgIpc) is 3.31. The number of rotatable bonds is 7. The predicted molar refractivity (Wildman–Crippen MR) is 181 cm³/mol. The van der Waals surface area contributed by atoms with Crippen molar-refractivity contribution in [2.24, 2.45) is 5.41 Å². The molecular weight excluding hydrogens is 614 g/mol. The fraction of sp³-hybridized carbons (Fsp3) is 0.556. The Balaban J connectivity index is 1.30. The third-order valence-electron chi connectivity index (χ3n) is 11.9. The van der Waals surface area contributed by atoms with Crippen molar-refractivity contribution < 1.29 is 22.7 Å². The van der Waals surface area contributed by atoms with E-state index in [-0.39, 0.29) is 23.4 Å². The van der Waals surface area contributed by atoms with Crippen LogP contribution in [0.1, 0.15) is 85.2 Å². The van der Waals surface area contributed by atoms with Crippen molar-refractivity contribution in [3.8, 4) is 17.0 Å². The van der Waals surface area contributed by atoms with Crippen molar-refractivity contribution in [2.45, 2.75) is 82.3 Å². The van der Waals surface area contributed by atoms with Crippen molar-refractivity contribution in [3.05, 3.63) is 53.1 Å². The highest BCUT2D eigenvalue weighted by molar-refractivity contribution is 7.87. The molecule has 3 aromatic rings. The van der Waals surface area contributed by atoms with E-state index in [1.165, 1.54) is 44.5 Å². The largest absolute Gasteiger partial charge is 0.497 e. The summed E-state index contributed by atoms with van der Waals surface area (Å²) in [6, 6.07) is 12.6. The minimum Gasteiger partial charge on any atom is -0.497 e. The molecule has 10 nitrogen and oxygen atoms in total. The van der Waals surface area contributed by atoms with Crippen molar-refractivity contribution in [3.63, 3.8) is 0 Å². The van der Waals surface area contributed by atoms with Gasteiger partial charge >= 0.3 is 10.2 Å². The first-order valence-corrected chi connectivity index (χ1v) is 18.6. The van der Waals surface area contributed by atoms with Gasteiger partial charge in [0.1, 0.15) is 5.75 Å². The summed E-state index contributed by atoms with van der Waals surface area (Å²) in [5.41, 5.74) is 5.32. The molecule has 0 spiro atoms. The second-order valence-electron chi connectivity index (χ2n) is 14.6. The number of hydrogen-bond donors (Lipinski definition) is 1. The zero-order valence-corrected chi connectivity index (χ0v) is 28.6. The summed E-state index contributed by atoms with van der Waals surface area (Å²) in [5, 5.41) is 1.08. The molecule has 47 heavy (non-hydrogen) atoms. The van der Waals surface area contributed by atoms with Gasteiger partial charge in [0.05, 0.1) is 18.2 Å². The van der Waals surface area contributed by atoms with Crippen LogP contribution in [0.15, 0.2) is 36.4 Å². The molecule has 1 N–H and O–H groups in total. The quantitative estimate of drug-likeness (QED) is 0.395. The number of nitrogens with zero attached hydrogens (tertiary/aromatic N) is 4. The Bertz CT molecular complexity index is 1900. The Hall–Kier alpha value is -3.41. The van der Waals surface area contributed by atoms with E-state index in [4.69, 9.17) is 4.74 Å². The minimum absolute atomic E-state index is 0.0763. The number of benzene rings is 2. The van der Waals surface area contributed by atoms with Crippen LogP contribution >= 0.6 is 0 Å². The van der Waals surface area contributed by atoms with E-state index in [1.54, 1.807) is 13.2 Å². The fourth-order valence-corrected chi connectivity index (χ4v) is 9.90. The lowest BCUT2D eigenvalue weighted by Gasteiger charge is -2.36. The van der Waals surface area contributed by atoms with Crippen LogP contribution in [0.5, 0.6) is 5.75 Å². The molecule has 2 amide bonds. The van der Waals surface area contributed by atoms with Gasteiger partial charge in [-0.05, 0) is 79.6 Å². The first-order valence-electron chi connectivity index (χ1n) is 17.2. The number of carbonyl (C=O) groups excluding carboxylic acids is 2. The van der Waals surface area contributed by atoms with Crippen LogP contribution in [0, 0.1) is 5.41 Å². The lowest BCUT2D eigenvalue weighted by molar-refractivity contribution is -0.140. The van der Waals surface area contributed by atoms with Crippen LogP contribution in [-0.2, 0) is 21.5 Å². The van der Waals surface area contributed by atoms with Gasteiger partial charge < -0.3 is 14.2 Å². The second-order valence-corrected chi connectivity index (χ2v) is 16.5. The van der Waals surface area contributed by atoms with E-state index < -0.39 is 21.5 Å². The van der Waals surface area contributed by atoms with E-state index in [0.717, 1.165) is 77.5 Å². The Labute approximate surface area is 277 Å². The summed E-state index contributed by atoms with van der Waals surface area (Å²) in [5.74, 6) is 0.812.